The maximum absolute atomic E-state index is 5.53. The van der Waals surface area contributed by atoms with Crippen molar-refractivity contribution in [2.45, 2.75) is 52.4 Å². The minimum absolute atomic E-state index is 0.666. The van der Waals surface area contributed by atoms with E-state index in [2.05, 4.69) is 29.1 Å². The summed E-state index contributed by atoms with van der Waals surface area (Å²) in [6.07, 6.45) is 9.50. The number of ether oxygens (including phenoxy) is 1. The van der Waals surface area contributed by atoms with E-state index >= 15 is 0 Å². The van der Waals surface area contributed by atoms with Crippen LogP contribution in [0.25, 0.3) is 0 Å². The molecule has 0 amide bonds. The van der Waals surface area contributed by atoms with Crippen molar-refractivity contribution < 1.29 is 4.74 Å². The summed E-state index contributed by atoms with van der Waals surface area (Å²) in [5.74, 6) is 3.07. The van der Waals surface area contributed by atoms with Gasteiger partial charge in [0.05, 0.1) is 6.61 Å². The zero-order valence-corrected chi connectivity index (χ0v) is 12.8. The average molecular weight is 277 g/mol. The molecule has 0 aliphatic heterocycles. The van der Waals surface area contributed by atoms with Gasteiger partial charge >= 0.3 is 0 Å². The van der Waals surface area contributed by atoms with Crippen LogP contribution in [0.2, 0.25) is 0 Å². The fourth-order valence-electron chi connectivity index (χ4n) is 2.79. The van der Waals surface area contributed by atoms with Crippen molar-refractivity contribution in [3.63, 3.8) is 0 Å². The zero-order valence-electron chi connectivity index (χ0n) is 12.8. The Bertz CT molecular complexity index is 389. The molecule has 20 heavy (non-hydrogen) atoms. The number of nitrogens with one attached hydrogen (secondary N) is 1. The summed E-state index contributed by atoms with van der Waals surface area (Å²) >= 11 is 0. The van der Waals surface area contributed by atoms with E-state index in [1.807, 2.05) is 6.07 Å². The third kappa shape index (κ3) is 4.66. The van der Waals surface area contributed by atoms with E-state index in [-0.39, 0.29) is 0 Å². The summed E-state index contributed by atoms with van der Waals surface area (Å²) in [6.45, 7) is 6.08. The fourth-order valence-corrected chi connectivity index (χ4v) is 2.79. The number of aromatic nitrogens is 2. The van der Waals surface area contributed by atoms with Gasteiger partial charge in [-0.2, -0.15) is 4.98 Å². The number of nitrogens with zero attached hydrogens (tertiary/aromatic N) is 2. The Kier molecular flexibility index (Phi) is 6.09. The molecular weight excluding hydrogens is 250 g/mol. The molecule has 4 heteroatoms. The van der Waals surface area contributed by atoms with E-state index < -0.39 is 0 Å². The Morgan fingerprint density at radius 2 is 1.95 bits per heavy atom. The van der Waals surface area contributed by atoms with Crippen LogP contribution >= 0.6 is 0 Å². The predicted molar refractivity (Wildman–Crippen MR) is 82.0 cm³/mol. The lowest BCUT2D eigenvalue weighted by Gasteiger charge is -2.27. The minimum Gasteiger partial charge on any atom is -0.478 e. The third-order valence-corrected chi connectivity index (χ3v) is 4.18. The first-order valence-electron chi connectivity index (χ1n) is 8.01. The second kappa shape index (κ2) is 8.08. The normalized spacial score (nSPS) is 22.5. The van der Waals surface area contributed by atoms with Gasteiger partial charge in [0.2, 0.25) is 11.8 Å². The Labute approximate surface area is 122 Å². The first-order valence-corrected chi connectivity index (χ1v) is 8.01. The standard InChI is InChI=1S/C16H27N3O/c1-3-11-20-15-9-10-17-16(19-15)18-12-14-7-5-13(4-2)6-8-14/h9-10,13-14H,3-8,11-12H2,1-2H3,(H,17,18,19). The van der Waals surface area contributed by atoms with Crippen LogP contribution in [0.15, 0.2) is 12.3 Å². The van der Waals surface area contributed by atoms with Gasteiger partial charge in [-0.25, -0.2) is 4.98 Å². The van der Waals surface area contributed by atoms with Crippen LogP contribution in [0, 0.1) is 11.8 Å². The number of rotatable bonds is 7. The molecule has 0 radical (unpaired) electrons. The first-order chi connectivity index (χ1) is 9.81. The molecule has 1 saturated carbocycles. The highest BCUT2D eigenvalue weighted by molar-refractivity contribution is 5.27. The molecule has 0 spiro atoms. The Morgan fingerprint density at radius 1 is 1.20 bits per heavy atom. The number of hydrogen-bond donors (Lipinski definition) is 1. The van der Waals surface area contributed by atoms with E-state index in [1.165, 1.54) is 32.1 Å². The summed E-state index contributed by atoms with van der Waals surface area (Å²) < 4.78 is 5.53. The molecule has 0 saturated heterocycles. The molecule has 0 atom stereocenters. The van der Waals surface area contributed by atoms with Gasteiger partial charge in [0.15, 0.2) is 0 Å². The third-order valence-electron chi connectivity index (χ3n) is 4.18. The summed E-state index contributed by atoms with van der Waals surface area (Å²) in [7, 11) is 0. The van der Waals surface area contributed by atoms with E-state index in [0.717, 1.165) is 24.8 Å². The lowest BCUT2D eigenvalue weighted by Crippen LogP contribution is -2.21. The van der Waals surface area contributed by atoms with Crippen molar-refractivity contribution in [1.29, 1.82) is 0 Å². The molecule has 2 rings (SSSR count). The van der Waals surface area contributed by atoms with Crippen molar-refractivity contribution in [3.05, 3.63) is 12.3 Å². The van der Waals surface area contributed by atoms with Crippen LogP contribution in [0.5, 0.6) is 5.88 Å². The van der Waals surface area contributed by atoms with Crippen molar-refractivity contribution >= 4 is 5.95 Å². The topological polar surface area (TPSA) is 47.0 Å². The van der Waals surface area contributed by atoms with Gasteiger partial charge in [-0.1, -0.05) is 33.1 Å². The lowest BCUT2D eigenvalue weighted by atomic mass is 9.81. The van der Waals surface area contributed by atoms with Crippen LogP contribution in [0.3, 0.4) is 0 Å². The minimum atomic E-state index is 0.666. The van der Waals surface area contributed by atoms with Gasteiger partial charge in [0.25, 0.3) is 0 Å². The maximum atomic E-state index is 5.53. The van der Waals surface area contributed by atoms with Gasteiger partial charge in [-0.15, -0.1) is 0 Å². The van der Waals surface area contributed by atoms with Crippen LogP contribution in [-0.2, 0) is 0 Å². The van der Waals surface area contributed by atoms with E-state index in [0.29, 0.717) is 18.4 Å². The number of anilines is 1. The molecule has 1 aromatic rings. The summed E-state index contributed by atoms with van der Waals surface area (Å²) in [5.41, 5.74) is 0. The van der Waals surface area contributed by atoms with E-state index in [4.69, 9.17) is 4.74 Å². The molecule has 1 fully saturated rings. The van der Waals surface area contributed by atoms with E-state index in [9.17, 15) is 0 Å². The molecule has 112 valence electrons. The monoisotopic (exact) mass is 277 g/mol. The first kappa shape index (κ1) is 15.1. The predicted octanol–water partition coefficient (Wildman–Crippen LogP) is 3.89. The summed E-state index contributed by atoms with van der Waals surface area (Å²) in [4.78, 5) is 8.64. The largest absolute Gasteiger partial charge is 0.478 e. The average Bonchev–Trinajstić information content (AvgIpc) is 2.52. The molecule has 0 unspecified atom stereocenters. The lowest BCUT2D eigenvalue weighted by molar-refractivity contribution is 0.277. The summed E-state index contributed by atoms with van der Waals surface area (Å²) in [5, 5.41) is 3.36. The SMILES string of the molecule is CCCOc1ccnc(NCC2CCC(CC)CC2)n1. The highest BCUT2D eigenvalue weighted by atomic mass is 16.5. The van der Waals surface area contributed by atoms with Crippen molar-refractivity contribution in [3.8, 4) is 5.88 Å². The Hall–Kier alpha value is -1.32. The van der Waals surface area contributed by atoms with E-state index in [1.54, 1.807) is 6.20 Å². The van der Waals surface area contributed by atoms with Crippen LogP contribution in [0.1, 0.15) is 52.4 Å². The Morgan fingerprint density at radius 3 is 2.65 bits per heavy atom. The zero-order chi connectivity index (χ0) is 14.2. The highest BCUT2D eigenvalue weighted by Gasteiger charge is 2.19. The fraction of sp³-hybridized carbons (Fsp3) is 0.750. The molecule has 1 aliphatic rings. The van der Waals surface area contributed by atoms with Gasteiger partial charge in [-0.05, 0) is 31.1 Å². The smallest absolute Gasteiger partial charge is 0.225 e. The molecule has 0 aromatic carbocycles. The van der Waals surface area contributed by atoms with Gasteiger partial charge in [0.1, 0.15) is 0 Å². The van der Waals surface area contributed by atoms with Crippen molar-refractivity contribution in [2.24, 2.45) is 11.8 Å². The molecule has 4 nitrogen and oxygen atoms in total. The molecule has 1 heterocycles. The molecule has 1 aliphatic carbocycles. The molecular formula is C16H27N3O. The molecule has 1 aromatic heterocycles. The van der Waals surface area contributed by atoms with Gasteiger partial charge < -0.3 is 10.1 Å². The van der Waals surface area contributed by atoms with Crippen LogP contribution in [-0.4, -0.2) is 23.1 Å². The summed E-state index contributed by atoms with van der Waals surface area (Å²) in [6, 6.07) is 1.81. The maximum Gasteiger partial charge on any atom is 0.225 e. The molecule has 1 N–H and O–H groups in total. The van der Waals surface area contributed by atoms with Crippen molar-refractivity contribution in [2.75, 3.05) is 18.5 Å². The molecule has 0 bridgehead atoms. The highest BCUT2D eigenvalue weighted by Crippen LogP contribution is 2.30. The second-order valence-electron chi connectivity index (χ2n) is 5.74. The Balaban J connectivity index is 1.76. The van der Waals surface area contributed by atoms with Gasteiger partial charge in [0, 0.05) is 18.8 Å². The van der Waals surface area contributed by atoms with Gasteiger partial charge in [-0.3, -0.25) is 0 Å². The second-order valence-corrected chi connectivity index (χ2v) is 5.74. The van der Waals surface area contributed by atoms with Crippen LogP contribution < -0.4 is 10.1 Å². The van der Waals surface area contributed by atoms with Crippen molar-refractivity contribution in [1.82, 2.24) is 9.97 Å². The van der Waals surface area contributed by atoms with Crippen LogP contribution in [0.4, 0.5) is 5.95 Å². The number of hydrogen-bond acceptors (Lipinski definition) is 4. The quantitative estimate of drug-likeness (QED) is 0.821.